The number of carbonyl (C=O) groups excluding carboxylic acids is 1. The lowest BCUT2D eigenvalue weighted by Gasteiger charge is -2.11. The van der Waals surface area contributed by atoms with Crippen molar-refractivity contribution in [1.29, 1.82) is 0 Å². The van der Waals surface area contributed by atoms with Crippen LogP contribution in [0.3, 0.4) is 0 Å². The van der Waals surface area contributed by atoms with Gasteiger partial charge in [0.2, 0.25) is 0 Å². The highest BCUT2D eigenvalue weighted by molar-refractivity contribution is 6.29. The van der Waals surface area contributed by atoms with Gasteiger partial charge in [0.05, 0.1) is 11.1 Å². The van der Waals surface area contributed by atoms with E-state index in [4.69, 9.17) is 11.6 Å². The average molecular weight is 501 g/mol. The third-order valence-corrected chi connectivity index (χ3v) is 5.53. The number of aryl methyl sites for hydroxylation is 1. The molecule has 1 N–H and O–H groups in total. The second kappa shape index (κ2) is 8.27. The van der Waals surface area contributed by atoms with Crippen molar-refractivity contribution < 1.29 is 22.4 Å². The molecule has 35 heavy (non-hydrogen) atoms. The summed E-state index contributed by atoms with van der Waals surface area (Å²) >= 11 is 6.25. The van der Waals surface area contributed by atoms with Crippen molar-refractivity contribution >= 4 is 28.9 Å². The number of hydrogen-bond donors (Lipinski definition) is 1. The Kier molecular flexibility index (Phi) is 5.36. The summed E-state index contributed by atoms with van der Waals surface area (Å²) in [5.74, 6) is -0.0800. The zero-order valence-corrected chi connectivity index (χ0v) is 18.5. The highest BCUT2D eigenvalue weighted by Crippen LogP contribution is 2.37. The summed E-state index contributed by atoms with van der Waals surface area (Å²) in [6.45, 7) is 0. The van der Waals surface area contributed by atoms with Gasteiger partial charge >= 0.3 is 6.18 Å². The van der Waals surface area contributed by atoms with Gasteiger partial charge in [-0.2, -0.15) is 13.2 Å². The molecule has 0 atom stereocenters. The molecule has 0 fully saturated rings. The highest BCUT2D eigenvalue weighted by atomic mass is 35.5. The van der Waals surface area contributed by atoms with Crippen molar-refractivity contribution in [3.8, 4) is 34.0 Å². The minimum atomic E-state index is -4.73. The largest absolute Gasteiger partial charge is 0.418 e. The number of carbonyl (C=O) groups is 1. The van der Waals surface area contributed by atoms with Crippen LogP contribution >= 0.6 is 11.6 Å². The Hall–Kier alpha value is -4.12. The van der Waals surface area contributed by atoms with E-state index < -0.39 is 17.6 Å². The highest BCUT2D eigenvalue weighted by Gasteiger charge is 2.34. The lowest BCUT2D eigenvalue weighted by Crippen LogP contribution is -2.06. The second-order valence-corrected chi connectivity index (χ2v) is 8.07. The molecule has 0 aliphatic rings. The average Bonchev–Trinajstić information content (AvgIpc) is 3.43. The molecular weight excluding hydrogens is 488 g/mol. The van der Waals surface area contributed by atoms with Gasteiger partial charge in [0.25, 0.3) is 0 Å². The standard InChI is InChI=1S/C23H13ClF4N6O/c1-34-10-29-33-22(34)15-8-13(25)2-3-14(15)12-6-18(30-19(24)7-12)21-31-17-5-11(9-35)4-16(20(17)32-21)23(26,27)28/h2-10H,1H3,(H,31,32). The minimum Gasteiger partial charge on any atom is -0.337 e. The van der Waals surface area contributed by atoms with Crippen molar-refractivity contribution in [2.24, 2.45) is 7.05 Å². The summed E-state index contributed by atoms with van der Waals surface area (Å²) < 4.78 is 56.5. The van der Waals surface area contributed by atoms with Gasteiger partial charge in [0.15, 0.2) is 11.6 Å². The predicted octanol–water partition coefficient (Wildman–Crippen LogP) is 5.71. The van der Waals surface area contributed by atoms with Crippen molar-refractivity contribution in [2.45, 2.75) is 6.18 Å². The minimum absolute atomic E-state index is 0.0135. The van der Waals surface area contributed by atoms with E-state index in [1.54, 1.807) is 17.7 Å². The molecule has 0 aliphatic carbocycles. The number of aldehydes is 1. The SMILES string of the molecule is Cn1cnnc1-c1cc(F)ccc1-c1cc(Cl)nc(-c2nc3c(C(F)(F)F)cc(C=O)cc3[nH]2)c1. The zero-order chi connectivity index (χ0) is 24.9. The van der Waals surface area contributed by atoms with E-state index >= 15 is 0 Å². The number of imidazole rings is 1. The number of alkyl halides is 3. The van der Waals surface area contributed by atoms with E-state index in [0.717, 1.165) is 6.07 Å². The van der Waals surface area contributed by atoms with Crippen LogP contribution in [0.4, 0.5) is 17.6 Å². The lowest BCUT2D eigenvalue weighted by atomic mass is 9.99. The Balaban J connectivity index is 1.70. The molecule has 5 rings (SSSR count). The van der Waals surface area contributed by atoms with E-state index in [-0.39, 0.29) is 33.3 Å². The molecule has 12 heteroatoms. The fourth-order valence-corrected chi connectivity index (χ4v) is 4.01. The van der Waals surface area contributed by atoms with Crippen LogP contribution in [0.15, 0.2) is 48.8 Å². The number of benzene rings is 2. The molecule has 0 bridgehead atoms. The summed E-state index contributed by atoms with van der Waals surface area (Å²) in [5.41, 5.74) is 0.0797. The Bertz CT molecular complexity index is 1610. The number of aromatic amines is 1. The maximum absolute atomic E-state index is 14.1. The summed E-state index contributed by atoms with van der Waals surface area (Å²) in [5, 5.41) is 7.91. The number of aromatic nitrogens is 6. The third-order valence-electron chi connectivity index (χ3n) is 5.33. The first-order valence-corrected chi connectivity index (χ1v) is 10.4. The van der Waals surface area contributed by atoms with Crippen LogP contribution in [0.1, 0.15) is 15.9 Å². The van der Waals surface area contributed by atoms with Crippen LogP contribution in [0.25, 0.3) is 45.1 Å². The quantitative estimate of drug-likeness (QED) is 0.194. The summed E-state index contributed by atoms with van der Waals surface area (Å²) in [6, 6.07) is 9.20. The molecule has 0 spiro atoms. The predicted molar refractivity (Wildman–Crippen MR) is 120 cm³/mol. The molecule has 176 valence electrons. The molecule has 7 nitrogen and oxygen atoms in total. The van der Waals surface area contributed by atoms with Gasteiger partial charge in [-0.3, -0.25) is 4.79 Å². The molecule has 5 aromatic rings. The summed E-state index contributed by atoms with van der Waals surface area (Å²) in [6.07, 6.45) is -2.93. The van der Waals surface area contributed by atoms with Crippen LogP contribution in [-0.4, -0.2) is 36.0 Å². The fraction of sp³-hybridized carbons (Fsp3) is 0.0870. The monoisotopic (exact) mass is 500 g/mol. The first kappa shape index (κ1) is 22.7. The first-order chi connectivity index (χ1) is 16.6. The third kappa shape index (κ3) is 4.14. The maximum atomic E-state index is 14.1. The molecule has 2 aromatic carbocycles. The van der Waals surface area contributed by atoms with Gasteiger partial charge in [0.1, 0.15) is 34.8 Å². The number of H-pyrrole nitrogens is 1. The Morgan fingerprint density at radius 1 is 1.06 bits per heavy atom. The van der Waals surface area contributed by atoms with E-state index in [0.29, 0.717) is 28.8 Å². The number of rotatable bonds is 4. The van der Waals surface area contributed by atoms with Crippen molar-refractivity contribution in [1.82, 2.24) is 29.7 Å². The molecule has 3 aromatic heterocycles. The zero-order valence-electron chi connectivity index (χ0n) is 17.7. The number of fused-ring (bicyclic) bond motifs is 1. The Morgan fingerprint density at radius 2 is 1.86 bits per heavy atom. The van der Waals surface area contributed by atoms with Crippen molar-refractivity contribution in [3.05, 3.63) is 70.9 Å². The molecule has 0 amide bonds. The number of hydrogen-bond acceptors (Lipinski definition) is 5. The Labute approximate surface area is 199 Å². The van der Waals surface area contributed by atoms with Gasteiger partial charge in [-0.15, -0.1) is 10.2 Å². The molecule has 0 unspecified atom stereocenters. The number of halogens is 5. The van der Waals surface area contributed by atoms with Crippen molar-refractivity contribution in [2.75, 3.05) is 0 Å². The molecule has 3 heterocycles. The second-order valence-electron chi connectivity index (χ2n) is 7.68. The lowest BCUT2D eigenvalue weighted by molar-refractivity contribution is -0.136. The van der Waals surface area contributed by atoms with Gasteiger partial charge in [-0.25, -0.2) is 14.4 Å². The maximum Gasteiger partial charge on any atom is 0.418 e. The van der Waals surface area contributed by atoms with E-state index in [1.807, 2.05) is 0 Å². The van der Waals surface area contributed by atoms with Crippen molar-refractivity contribution in [3.63, 3.8) is 0 Å². The summed E-state index contributed by atoms with van der Waals surface area (Å²) in [4.78, 5) is 22.3. The van der Waals surface area contributed by atoms with Crippen LogP contribution in [0, 0.1) is 5.82 Å². The normalized spacial score (nSPS) is 11.8. The van der Waals surface area contributed by atoms with Crippen LogP contribution in [0.5, 0.6) is 0 Å². The molecule has 0 saturated heterocycles. The number of nitrogens with zero attached hydrogens (tertiary/aromatic N) is 5. The van der Waals surface area contributed by atoms with E-state index in [9.17, 15) is 22.4 Å². The van der Waals surface area contributed by atoms with Gasteiger partial charge in [-0.1, -0.05) is 17.7 Å². The molecule has 0 saturated carbocycles. The van der Waals surface area contributed by atoms with E-state index in [2.05, 4.69) is 25.1 Å². The topological polar surface area (TPSA) is 89.3 Å². The Morgan fingerprint density at radius 3 is 2.54 bits per heavy atom. The van der Waals surface area contributed by atoms with Gasteiger partial charge < -0.3 is 9.55 Å². The number of nitrogens with one attached hydrogen (secondary N) is 1. The first-order valence-electron chi connectivity index (χ1n) is 10.0. The number of pyridine rings is 1. The molecule has 0 radical (unpaired) electrons. The van der Waals surface area contributed by atoms with Gasteiger partial charge in [-0.05, 0) is 47.5 Å². The van der Waals surface area contributed by atoms with Crippen LogP contribution < -0.4 is 0 Å². The smallest absolute Gasteiger partial charge is 0.337 e. The fourth-order valence-electron chi connectivity index (χ4n) is 3.80. The molecule has 0 aliphatic heterocycles. The van der Waals surface area contributed by atoms with E-state index in [1.165, 1.54) is 36.7 Å². The van der Waals surface area contributed by atoms with Crippen LogP contribution in [-0.2, 0) is 13.2 Å². The summed E-state index contributed by atoms with van der Waals surface area (Å²) in [7, 11) is 1.70. The molecular formula is C23H13ClF4N6O. The van der Waals surface area contributed by atoms with Crippen LogP contribution in [0.2, 0.25) is 5.15 Å². The van der Waals surface area contributed by atoms with Gasteiger partial charge in [0, 0.05) is 18.2 Å².